The molecule has 1 aromatic heterocycles. The normalized spacial score (nSPS) is 19.4. The first-order chi connectivity index (χ1) is 9.29. The number of anilines is 2. The Bertz CT molecular complexity index is 566. The number of aromatic amines is 1. The predicted molar refractivity (Wildman–Crippen MR) is 77.2 cm³/mol. The van der Waals surface area contributed by atoms with E-state index in [-0.39, 0.29) is 6.61 Å². The Morgan fingerprint density at radius 2 is 2.37 bits per heavy atom. The molecule has 0 aliphatic carbocycles. The molecule has 1 saturated heterocycles. The Morgan fingerprint density at radius 3 is 3.21 bits per heavy atom. The van der Waals surface area contributed by atoms with Crippen LogP contribution in [0.2, 0.25) is 0 Å². The van der Waals surface area contributed by atoms with Crippen LogP contribution in [0.4, 0.5) is 11.4 Å². The van der Waals surface area contributed by atoms with Crippen LogP contribution >= 0.6 is 0 Å². The van der Waals surface area contributed by atoms with Crippen molar-refractivity contribution in [3.05, 3.63) is 18.3 Å². The maximum atomic E-state index is 9.00. The van der Waals surface area contributed by atoms with Crippen LogP contribution in [0.15, 0.2) is 18.3 Å². The summed E-state index contributed by atoms with van der Waals surface area (Å²) in [5.41, 5.74) is 9.11. The van der Waals surface area contributed by atoms with E-state index in [0.29, 0.717) is 6.04 Å². The molecule has 1 aromatic carbocycles. The second kappa shape index (κ2) is 5.09. The topological polar surface area (TPSA) is 78.2 Å². The predicted octanol–water partition coefficient (Wildman–Crippen LogP) is 1.89. The lowest BCUT2D eigenvalue weighted by Gasteiger charge is -2.28. The summed E-state index contributed by atoms with van der Waals surface area (Å²) in [7, 11) is 0. The van der Waals surface area contributed by atoms with Crippen LogP contribution in [0.3, 0.4) is 0 Å². The van der Waals surface area contributed by atoms with Gasteiger partial charge in [0.25, 0.3) is 0 Å². The number of rotatable bonds is 4. The SMILES string of the molecule is Nc1cc2cn[nH]c2cc1N1CCCC1CCCO. The van der Waals surface area contributed by atoms with Gasteiger partial charge in [-0.3, -0.25) is 5.10 Å². The average molecular weight is 260 g/mol. The van der Waals surface area contributed by atoms with Gasteiger partial charge in [0.2, 0.25) is 0 Å². The molecule has 1 aliphatic heterocycles. The third-order valence-electron chi connectivity index (χ3n) is 3.97. The van der Waals surface area contributed by atoms with Gasteiger partial charge in [0.15, 0.2) is 0 Å². The molecule has 0 saturated carbocycles. The lowest BCUT2D eigenvalue weighted by molar-refractivity contribution is 0.279. The first kappa shape index (κ1) is 12.3. The summed E-state index contributed by atoms with van der Waals surface area (Å²) in [6, 6.07) is 4.57. The van der Waals surface area contributed by atoms with Gasteiger partial charge in [0, 0.05) is 24.6 Å². The van der Waals surface area contributed by atoms with E-state index in [1.807, 2.05) is 6.07 Å². The first-order valence-electron chi connectivity index (χ1n) is 6.89. The number of benzene rings is 1. The highest BCUT2D eigenvalue weighted by molar-refractivity contribution is 5.89. The summed E-state index contributed by atoms with van der Waals surface area (Å²) in [6.45, 7) is 1.30. The number of H-pyrrole nitrogens is 1. The molecule has 4 N–H and O–H groups in total. The van der Waals surface area contributed by atoms with E-state index in [9.17, 15) is 0 Å². The molecule has 0 amide bonds. The van der Waals surface area contributed by atoms with Crippen LogP contribution in [-0.4, -0.2) is 34.5 Å². The summed E-state index contributed by atoms with van der Waals surface area (Å²) in [6.07, 6.45) is 6.05. The zero-order valence-corrected chi connectivity index (χ0v) is 11.0. The van der Waals surface area contributed by atoms with E-state index < -0.39 is 0 Å². The molecular formula is C14H20N4O. The maximum absolute atomic E-state index is 9.00. The highest BCUT2D eigenvalue weighted by Gasteiger charge is 2.25. The number of hydrogen-bond donors (Lipinski definition) is 3. The van der Waals surface area contributed by atoms with Crippen molar-refractivity contribution in [1.29, 1.82) is 0 Å². The highest BCUT2D eigenvalue weighted by Crippen LogP contribution is 2.34. The Balaban J connectivity index is 1.91. The van der Waals surface area contributed by atoms with E-state index in [2.05, 4.69) is 21.2 Å². The molecule has 1 aliphatic rings. The maximum Gasteiger partial charge on any atom is 0.0672 e. The number of hydrogen-bond acceptors (Lipinski definition) is 4. The van der Waals surface area contributed by atoms with Gasteiger partial charge in [0.05, 0.1) is 23.1 Å². The van der Waals surface area contributed by atoms with Crippen molar-refractivity contribution in [2.75, 3.05) is 23.8 Å². The summed E-state index contributed by atoms with van der Waals surface area (Å²) in [5.74, 6) is 0. The Kier molecular flexibility index (Phi) is 3.29. The van der Waals surface area contributed by atoms with Crippen molar-refractivity contribution < 1.29 is 5.11 Å². The number of aromatic nitrogens is 2. The van der Waals surface area contributed by atoms with Crippen LogP contribution in [0.1, 0.15) is 25.7 Å². The third-order valence-corrected chi connectivity index (χ3v) is 3.97. The number of nitrogen functional groups attached to an aromatic ring is 1. The van der Waals surface area contributed by atoms with E-state index in [4.69, 9.17) is 10.8 Å². The number of aliphatic hydroxyl groups is 1. The van der Waals surface area contributed by atoms with Crippen LogP contribution in [0, 0.1) is 0 Å². The molecule has 102 valence electrons. The summed E-state index contributed by atoms with van der Waals surface area (Å²) >= 11 is 0. The fourth-order valence-electron chi connectivity index (χ4n) is 3.03. The zero-order chi connectivity index (χ0) is 13.2. The molecule has 1 unspecified atom stereocenters. The largest absolute Gasteiger partial charge is 0.397 e. The van der Waals surface area contributed by atoms with Crippen molar-refractivity contribution >= 4 is 22.3 Å². The first-order valence-corrected chi connectivity index (χ1v) is 6.89. The lowest BCUT2D eigenvalue weighted by atomic mass is 10.1. The number of fused-ring (bicyclic) bond motifs is 1. The molecule has 2 heterocycles. The summed E-state index contributed by atoms with van der Waals surface area (Å²) in [4.78, 5) is 2.38. The second-order valence-corrected chi connectivity index (χ2v) is 5.22. The number of nitrogens with zero attached hydrogens (tertiary/aromatic N) is 2. The standard InChI is InChI=1S/C14H20N4O/c15-12-7-10-9-16-17-13(10)8-14(12)18-5-1-3-11(18)4-2-6-19/h7-9,11,19H,1-6,15H2,(H,16,17). The van der Waals surface area contributed by atoms with Crippen molar-refractivity contribution in [1.82, 2.24) is 10.2 Å². The fourth-order valence-corrected chi connectivity index (χ4v) is 3.03. The molecule has 19 heavy (non-hydrogen) atoms. The van der Waals surface area contributed by atoms with Crippen LogP contribution in [-0.2, 0) is 0 Å². The zero-order valence-electron chi connectivity index (χ0n) is 11.0. The van der Waals surface area contributed by atoms with E-state index in [0.717, 1.165) is 41.7 Å². The molecule has 1 fully saturated rings. The van der Waals surface area contributed by atoms with Gasteiger partial charge in [-0.05, 0) is 37.8 Å². The number of aliphatic hydroxyl groups excluding tert-OH is 1. The van der Waals surface area contributed by atoms with Crippen molar-refractivity contribution in [3.8, 4) is 0 Å². The molecule has 2 aromatic rings. The minimum atomic E-state index is 0.263. The Morgan fingerprint density at radius 1 is 1.47 bits per heavy atom. The lowest BCUT2D eigenvalue weighted by Crippen LogP contribution is -2.30. The second-order valence-electron chi connectivity index (χ2n) is 5.22. The van der Waals surface area contributed by atoms with Gasteiger partial charge >= 0.3 is 0 Å². The van der Waals surface area contributed by atoms with Gasteiger partial charge in [0.1, 0.15) is 0 Å². The van der Waals surface area contributed by atoms with Gasteiger partial charge in [-0.2, -0.15) is 5.10 Å². The van der Waals surface area contributed by atoms with Crippen molar-refractivity contribution in [2.24, 2.45) is 0 Å². The number of nitrogens with two attached hydrogens (primary N) is 1. The van der Waals surface area contributed by atoms with Crippen LogP contribution in [0.5, 0.6) is 0 Å². The molecule has 0 bridgehead atoms. The molecular weight excluding hydrogens is 240 g/mol. The van der Waals surface area contributed by atoms with E-state index in [1.165, 1.54) is 12.8 Å². The Labute approximate surface area is 112 Å². The Hall–Kier alpha value is -1.75. The van der Waals surface area contributed by atoms with Gasteiger partial charge in [-0.25, -0.2) is 0 Å². The third kappa shape index (κ3) is 2.26. The summed E-state index contributed by atoms with van der Waals surface area (Å²) < 4.78 is 0. The monoisotopic (exact) mass is 260 g/mol. The molecule has 0 spiro atoms. The molecule has 5 nitrogen and oxygen atoms in total. The molecule has 5 heteroatoms. The minimum absolute atomic E-state index is 0.263. The number of nitrogens with one attached hydrogen (secondary N) is 1. The van der Waals surface area contributed by atoms with E-state index >= 15 is 0 Å². The average Bonchev–Trinajstić information content (AvgIpc) is 3.03. The highest BCUT2D eigenvalue weighted by atomic mass is 16.2. The fraction of sp³-hybridized carbons (Fsp3) is 0.500. The van der Waals surface area contributed by atoms with Crippen molar-refractivity contribution in [2.45, 2.75) is 31.7 Å². The van der Waals surface area contributed by atoms with Crippen LogP contribution in [0.25, 0.3) is 10.9 Å². The molecule has 3 rings (SSSR count). The van der Waals surface area contributed by atoms with E-state index in [1.54, 1.807) is 6.20 Å². The van der Waals surface area contributed by atoms with Crippen molar-refractivity contribution in [3.63, 3.8) is 0 Å². The van der Waals surface area contributed by atoms with Gasteiger partial charge in [-0.1, -0.05) is 0 Å². The quantitative estimate of drug-likeness (QED) is 0.733. The molecule has 0 radical (unpaired) electrons. The summed E-state index contributed by atoms with van der Waals surface area (Å²) in [5, 5.41) is 17.1. The van der Waals surface area contributed by atoms with Gasteiger partial charge in [-0.15, -0.1) is 0 Å². The smallest absolute Gasteiger partial charge is 0.0672 e. The minimum Gasteiger partial charge on any atom is -0.397 e. The van der Waals surface area contributed by atoms with Crippen LogP contribution < -0.4 is 10.6 Å². The molecule has 1 atom stereocenters. The van der Waals surface area contributed by atoms with Gasteiger partial charge < -0.3 is 15.7 Å².